The fourth-order valence-electron chi connectivity index (χ4n) is 14.2. The Labute approximate surface area is 228 Å². The van der Waals surface area contributed by atoms with Crippen LogP contribution in [0.5, 0.6) is 0 Å². The largest absolute Gasteiger partial charge is 0.325 e. The van der Waals surface area contributed by atoms with E-state index in [1.165, 1.54) is 38.5 Å². The van der Waals surface area contributed by atoms with Gasteiger partial charge in [-0.15, -0.1) is 0 Å². The highest BCUT2D eigenvalue weighted by atomic mass is 16.2. The monoisotopic (exact) mass is 517 g/mol. The minimum Gasteiger partial charge on any atom is -0.325 e. The second-order valence-corrected chi connectivity index (χ2v) is 17.9. The summed E-state index contributed by atoms with van der Waals surface area (Å²) in [7, 11) is 0. The van der Waals surface area contributed by atoms with Crippen molar-refractivity contribution in [1.82, 2.24) is 4.98 Å². The summed E-state index contributed by atoms with van der Waals surface area (Å²) in [6.07, 6.45) is 15.1. The maximum absolute atomic E-state index is 13.9. The zero-order valence-electron chi connectivity index (χ0n) is 24.5. The van der Waals surface area contributed by atoms with Crippen LogP contribution in [0.1, 0.15) is 119 Å². The van der Waals surface area contributed by atoms with E-state index in [0.717, 1.165) is 44.2 Å². The molecule has 38 heavy (non-hydrogen) atoms. The number of hydrogen-bond donors (Lipinski definition) is 2. The van der Waals surface area contributed by atoms with Gasteiger partial charge in [-0.3, -0.25) is 9.59 Å². The Balaban J connectivity index is 1.10. The van der Waals surface area contributed by atoms with Crippen molar-refractivity contribution in [2.24, 2.45) is 43.3 Å². The number of rotatable bonds is 4. The number of carbonyl (C=O) groups is 2. The first kappa shape index (κ1) is 25.1. The van der Waals surface area contributed by atoms with Crippen molar-refractivity contribution in [2.45, 2.75) is 119 Å². The molecule has 8 bridgehead atoms. The van der Waals surface area contributed by atoms with Crippen LogP contribution in [0.15, 0.2) is 18.3 Å². The second kappa shape index (κ2) is 7.04. The third-order valence-corrected chi connectivity index (χ3v) is 11.9. The van der Waals surface area contributed by atoms with E-state index in [1.54, 1.807) is 6.20 Å². The molecule has 0 aliphatic heterocycles. The number of amides is 2. The summed E-state index contributed by atoms with van der Waals surface area (Å²) >= 11 is 0. The highest BCUT2D eigenvalue weighted by Crippen LogP contribution is 2.75. The van der Waals surface area contributed by atoms with Crippen molar-refractivity contribution in [2.75, 3.05) is 10.6 Å². The molecule has 0 radical (unpaired) electrons. The van der Waals surface area contributed by atoms with Crippen LogP contribution in [0.3, 0.4) is 0 Å². The van der Waals surface area contributed by atoms with Crippen LogP contribution in [-0.4, -0.2) is 16.8 Å². The van der Waals surface area contributed by atoms with Gasteiger partial charge in [-0.1, -0.05) is 41.5 Å². The number of hydrogen-bond acceptors (Lipinski definition) is 3. The second-order valence-electron chi connectivity index (χ2n) is 17.9. The predicted octanol–water partition coefficient (Wildman–Crippen LogP) is 7.73. The molecule has 1 aromatic rings. The standard InChI is InChI=1S/C33H47N3O2/c1-26-10-27(2)12-28(3,11-26)18-32(16-26,17-27)24(37)35-22-7-8-34-23(9-22)36-25(38)33-19-29(4)13-30(5,20-33)15-31(6,14-29)21-33/h7-9H,10-21H2,1-6H3,(H2,34,35,36,37,38). The normalized spacial score (nSPS) is 51.7. The van der Waals surface area contributed by atoms with Gasteiger partial charge in [0.2, 0.25) is 11.8 Å². The molecule has 8 fully saturated rings. The molecule has 0 saturated heterocycles. The molecule has 5 nitrogen and oxygen atoms in total. The molecule has 1 heterocycles. The lowest BCUT2D eigenvalue weighted by Gasteiger charge is -2.68. The smallest absolute Gasteiger partial charge is 0.231 e. The van der Waals surface area contributed by atoms with Crippen LogP contribution >= 0.6 is 0 Å². The quantitative estimate of drug-likeness (QED) is 0.429. The number of nitrogens with zero attached hydrogens (tertiary/aromatic N) is 1. The van der Waals surface area contributed by atoms with Gasteiger partial charge in [0, 0.05) is 18.0 Å². The Hall–Kier alpha value is -1.91. The fourth-order valence-corrected chi connectivity index (χ4v) is 14.2. The highest BCUT2D eigenvalue weighted by molar-refractivity contribution is 5.98. The molecule has 8 aliphatic carbocycles. The van der Waals surface area contributed by atoms with Gasteiger partial charge in [0.05, 0.1) is 10.8 Å². The summed E-state index contributed by atoms with van der Waals surface area (Å²) < 4.78 is 0. The van der Waals surface area contributed by atoms with Crippen LogP contribution in [-0.2, 0) is 9.59 Å². The number of pyridine rings is 1. The third kappa shape index (κ3) is 3.73. The maximum atomic E-state index is 13.9. The van der Waals surface area contributed by atoms with Gasteiger partial charge in [-0.05, 0) is 116 Å². The van der Waals surface area contributed by atoms with E-state index in [1.807, 2.05) is 12.1 Å². The Bertz CT molecular complexity index is 1050. The van der Waals surface area contributed by atoms with Crippen LogP contribution in [0.4, 0.5) is 11.5 Å². The van der Waals surface area contributed by atoms with Gasteiger partial charge in [0.1, 0.15) is 5.82 Å². The number of anilines is 2. The zero-order chi connectivity index (χ0) is 27.0. The average Bonchev–Trinajstić information content (AvgIpc) is 2.67. The third-order valence-electron chi connectivity index (χ3n) is 11.9. The molecule has 2 N–H and O–H groups in total. The molecule has 206 valence electrons. The predicted molar refractivity (Wildman–Crippen MR) is 150 cm³/mol. The van der Waals surface area contributed by atoms with Gasteiger partial charge in [0.15, 0.2) is 0 Å². The first-order valence-electron chi connectivity index (χ1n) is 15.1. The Kier molecular flexibility index (Phi) is 4.65. The van der Waals surface area contributed by atoms with Crippen molar-refractivity contribution >= 4 is 23.3 Å². The van der Waals surface area contributed by atoms with Gasteiger partial charge in [-0.25, -0.2) is 4.98 Å². The average molecular weight is 518 g/mol. The molecule has 0 aromatic carbocycles. The van der Waals surface area contributed by atoms with Crippen LogP contribution in [0.25, 0.3) is 0 Å². The van der Waals surface area contributed by atoms with Crippen LogP contribution in [0.2, 0.25) is 0 Å². The number of carbonyl (C=O) groups excluding carboxylic acids is 2. The summed E-state index contributed by atoms with van der Waals surface area (Å²) in [6, 6.07) is 3.74. The SMILES string of the molecule is CC12CC3(C)CC(C)(C1)CC(C(=O)Nc1ccnc(NC(=O)C45CC6(C)CC(C)(CC(C)(C6)C4)C5)c1)(C2)C3. The van der Waals surface area contributed by atoms with Crippen molar-refractivity contribution < 1.29 is 9.59 Å². The summed E-state index contributed by atoms with van der Waals surface area (Å²) in [6.45, 7) is 14.5. The molecular weight excluding hydrogens is 470 g/mol. The fraction of sp³-hybridized carbons (Fsp3) is 0.788. The van der Waals surface area contributed by atoms with Gasteiger partial charge < -0.3 is 10.6 Å². The minimum absolute atomic E-state index is 0.131. The molecule has 0 atom stereocenters. The van der Waals surface area contributed by atoms with E-state index in [2.05, 4.69) is 57.2 Å². The summed E-state index contributed by atoms with van der Waals surface area (Å²) in [5.41, 5.74) is 1.67. The van der Waals surface area contributed by atoms with Gasteiger partial charge in [-0.2, -0.15) is 0 Å². The Morgan fingerprint density at radius 2 is 0.921 bits per heavy atom. The molecule has 0 spiro atoms. The lowest BCUT2D eigenvalue weighted by atomic mass is 9.36. The summed E-state index contributed by atoms with van der Waals surface area (Å²) in [5.74, 6) is 0.852. The topological polar surface area (TPSA) is 71.1 Å². The lowest BCUT2D eigenvalue weighted by Crippen LogP contribution is -2.62. The Morgan fingerprint density at radius 3 is 1.29 bits per heavy atom. The van der Waals surface area contributed by atoms with E-state index in [-0.39, 0.29) is 55.1 Å². The van der Waals surface area contributed by atoms with Crippen molar-refractivity contribution in [3.63, 3.8) is 0 Å². The lowest BCUT2D eigenvalue weighted by molar-refractivity contribution is -0.188. The number of nitrogens with one attached hydrogen (secondary N) is 2. The molecule has 5 heteroatoms. The molecule has 1 aromatic heterocycles. The minimum atomic E-state index is -0.312. The van der Waals surface area contributed by atoms with E-state index >= 15 is 0 Å². The van der Waals surface area contributed by atoms with Crippen molar-refractivity contribution in [1.29, 1.82) is 0 Å². The van der Waals surface area contributed by atoms with Crippen LogP contribution < -0.4 is 10.6 Å². The molecular formula is C33H47N3O2. The molecule has 8 saturated carbocycles. The molecule has 2 amide bonds. The maximum Gasteiger partial charge on any atom is 0.231 e. The first-order valence-corrected chi connectivity index (χ1v) is 15.1. The van der Waals surface area contributed by atoms with E-state index in [9.17, 15) is 9.59 Å². The molecule has 9 rings (SSSR count). The van der Waals surface area contributed by atoms with E-state index in [0.29, 0.717) is 5.82 Å². The Morgan fingerprint density at radius 1 is 0.579 bits per heavy atom. The highest BCUT2D eigenvalue weighted by Gasteiger charge is 2.67. The summed E-state index contributed by atoms with van der Waals surface area (Å²) in [5, 5.41) is 6.50. The van der Waals surface area contributed by atoms with Gasteiger partial charge in [0.25, 0.3) is 0 Å². The van der Waals surface area contributed by atoms with Crippen molar-refractivity contribution in [3.8, 4) is 0 Å². The van der Waals surface area contributed by atoms with Crippen molar-refractivity contribution in [3.05, 3.63) is 18.3 Å². The van der Waals surface area contributed by atoms with E-state index < -0.39 is 0 Å². The molecule has 0 unspecified atom stereocenters. The van der Waals surface area contributed by atoms with E-state index in [4.69, 9.17) is 0 Å². The van der Waals surface area contributed by atoms with Gasteiger partial charge >= 0.3 is 0 Å². The summed E-state index contributed by atoms with van der Waals surface area (Å²) in [4.78, 5) is 32.4. The number of aromatic nitrogens is 1. The first-order chi connectivity index (χ1) is 17.5. The zero-order valence-corrected chi connectivity index (χ0v) is 24.5. The van der Waals surface area contributed by atoms with Crippen LogP contribution in [0, 0.1) is 43.3 Å². The molecule has 8 aliphatic rings.